The Morgan fingerprint density at radius 2 is 1.06 bits per heavy atom. The number of alkyl carbamates (subject to hydrolysis) is 1. The Kier molecular flexibility index (Phi) is 30.4. The first-order valence-electron chi connectivity index (χ1n) is 38.6. The second kappa shape index (κ2) is 40.4. The lowest BCUT2D eigenvalue weighted by Crippen LogP contribution is -2.64. The maximum absolute atomic E-state index is 13.6. The molecule has 14 atom stereocenters. The molecule has 5 aliphatic rings. The van der Waals surface area contributed by atoms with Crippen LogP contribution in [-0.4, -0.2) is 134 Å². The standard InChI is InChI=1S/C89H108N2O16/c1-59-35-23-19-15-11-7-4-5-8-12-16-20-24-36-66(106-86-83(97)81(82(96)61(3)105-86)91-88(101)104-58-76-73-43-32-28-39-69(73)70-40-29-33-44-74(70)76)53-63-55-89(102,56-78(94)80(63)85(98)99)52-34-22-18-14-10-6-9-13-17-21-25-45-79(95)107-84(59)60(2)46-51-65(92)54-77(93)62-47-49-64(50-48-62)90-87(100)103-57-75-71-41-30-26-37-67(71)68-38-27-31-42-72(68)75/h4-5,7-8,11-12,15-16,19-20,23-24,26-33,35-44,47-50,59-61,63,65-66,75-76,78,80-84,86,92,94,96-97,102H,6,9-10,13-14,17-18,21-22,25,34,45-46,51-58H2,1-3H3,(H,90,100)(H,91,101)(H,98,99)/b5-4+,11-7+,12-8+,19-15+,20-16+,35-23+,36-24+/t59?,60?,61-,63?,65?,66?,78?,80?,81+,82-,83+,84?,86+,89?/m1/s1. The summed E-state index contributed by atoms with van der Waals surface area (Å²) in [6, 6.07) is 37.4. The number of ketones is 1. The second-order valence-corrected chi connectivity index (χ2v) is 29.7. The lowest BCUT2D eigenvalue weighted by Gasteiger charge is -2.45. The van der Waals surface area contributed by atoms with Gasteiger partial charge in [0, 0.05) is 48.3 Å². The number of hydrogen-bond donors (Lipinski definition) is 8. The Labute approximate surface area is 630 Å². The Bertz CT molecular complexity index is 3880. The van der Waals surface area contributed by atoms with E-state index in [4.69, 9.17) is 23.7 Å². The van der Waals surface area contributed by atoms with Crippen molar-refractivity contribution in [2.24, 2.45) is 23.7 Å². The molecule has 1 saturated heterocycles. The van der Waals surface area contributed by atoms with Crippen LogP contribution in [0.1, 0.15) is 187 Å². The summed E-state index contributed by atoms with van der Waals surface area (Å²) in [6.45, 7) is 5.79. The number of nitrogens with one attached hydrogen (secondary N) is 2. The van der Waals surface area contributed by atoms with Crippen molar-refractivity contribution < 1.29 is 78.3 Å². The predicted octanol–water partition coefficient (Wildman–Crippen LogP) is 16.3. The minimum Gasteiger partial charge on any atom is -0.481 e. The van der Waals surface area contributed by atoms with Gasteiger partial charge in [0.1, 0.15) is 31.5 Å². The average molecular weight is 1460 g/mol. The molecule has 0 aromatic heterocycles. The maximum Gasteiger partial charge on any atom is 0.411 e. The van der Waals surface area contributed by atoms with Crippen molar-refractivity contribution in [3.63, 3.8) is 0 Å². The third-order valence-corrected chi connectivity index (χ3v) is 21.8. The summed E-state index contributed by atoms with van der Waals surface area (Å²) in [5.41, 5.74) is 8.20. The molecule has 107 heavy (non-hydrogen) atoms. The van der Waals surface area contributed by atoms with E-state index in [-0.39, 0.29) is 74.3 Å². The first-order chi connectivity index (χ1) is 51.8. The van der Waals surface area contributed by atoms with Crippen molar-refractivity contribution in [3.8, 4) is 22.3 Å². The van der Waals surface area contributed by atoms with Crippen LogP contribution in [0.15, 0.2) is 206 Å². The van der Waals surface area contributed by atoms with Gasteiger partial charge in [-0.2, -0.15) is 0 Å². The highest BCUT2D eigenvalue weighted by Crippen LogP contribution is 2.47. The van der Waals surface area contributed by atoms with Crippen molar-refractivity contribution in [2.45, 2.75) is 215 Å². The molecule has 570 valence electrons. The molecule has 2 aliphatic heterocycles. The average Bonchev–Trinajstić information content (AvgIpc) is 1.67. The van der Waals surface area contributed by atoms with Crippen LogP contribution in [0.3, 0.4) is 0 Å². The smallest absolute Gasteiger partial charge is 0.411 e. The number of aliphatic carboxylic acids is 1. The van der Waals surface area contributed by atoms with Gasteiger partial charge in [-0.15, -0.1) is 0 Å². The highest BCUT2D eigenvalue weighted by Gasteiger charge is 2.50. The number of cyclic esters (lactones) is 1. The molecule has 3 aliphatic carbocycles. The number of rotatable bonds is 16. The van der Waals surface area contributed by atoms with E-state index in [0.717, 1.165) is 102 Å². The number of allylic oxidation sites excluding steroid dienone is 12. The maximum atomic E-state index is 13.6. The summed E-state index contributed by atoms with van der Waals surface area (Å²) in [5, 5.41) is 74.1. The number of fused-ring (bicyclic) bond motifs is 8. The summed E-state index contributed by atoms with van der Waals surface area (Å²) < 4.78 is 30.4. The van der Waals surface area contributed by atoms with E-state index in [1.807, 2.05) is 147 Å². The van der Waals surface area contributed by atoms with E-state index in [9.17, 15) is 54.6 Å². The highest BCUT2D eigenvalue weighted by molar-refractivity contribution is 5.97. The number of Topliss-reactive ketones (excluding diaryl/α,β-unsaturated/α-hetero) is 1. The van der Waals surface area contributed by atoms with Gasteiger partial charge in [-0.05, 0) is 126 Å². The molecule has 10 rings (SSSR count). The van der Waals surface area contributed by atoms with Gasteiger partial charge in [-0.1, -0.05) is 260 Å². The predicted molar refractivity (Wildman–Crippen MR) is 414 cm³/mol. The molecule has 0 spiro atoms. The molecule has 2 bridgehead atoms. The summed E-state index contributed by atoms with van der Waals surface area (Å²) in [7, 11) is 0. The number of carbonyl (C=O) groups excluding carboxylic acids is 4. The number of anilines is 1. The van der Waals surface area contributed by atoms with E-state index < -0.39 is 90.7 Å². The van der Waals surface area contributed by atoms with Gasteiger partial charge in [0.05, 0.1) is 42.0 Å². The van der Waals surface area contributed by atoms with E-state index in [2.05, 4.69) is 34.9 Å². The number of amides is 2. The fourth-order valence-electron chi connectivity index (χ4n) is 16.1. The number of ether oxygens (including phenoxy) is 5. The van der Waals surface area contributed by atoms with Crippen LogP contribution in [0.2, 0.25) is 0 Å². The number of aliphatic hydroxyl groups is 5. The summed E-state index contributed by atoms with van der Waals surface area (Å²) >= 11 is 0. The third-order valence-electron chi connectivity index (χ3n) is 21.8. The topological polar surface area (TPSA) is 277 Å². The summed E-state index contributed by atoms with van der Waals surface area (Å²) in [4.78, 5) is 66.5. The number of carbonyl (C=O) groups is 5. The molecule has 9 unspecified atom stereocenters. The lowest BCUT2D eigenvalue weighted by atomic mass is 9.66. The molecule has 8 N–H and O–H groups in total. The van der Waals surface area contributed by atoms with Crippen molar-refractivity contribution >= 4 is 35.6 Å². The third kappa shape index (κ3) is 22.9. The highest BCUT2D eigenvalue weighted by atomic mass is 16.7. The number of hydrogen-bond acceptors (Lipinski definition) is 15. The van der Waals surface area contributed by atoms with Gasteiger partial charge < -0.3 is 59.6 Å². The lowest BCUT2D eigenvalue weighted by molar-refractivity contribution is -0.280. The monoisotopic (exact) mass is 1460 g/mol. The van der Waals surface area contributed by atoms with Gasteiger partial charge in [0.25, 0.3) is 0 Å². The Hall–Kier alpha value is -8.85. The number of carboxylic acid groups (broad SMARTS) is 1. The largest absolute Gasteiger partial charge is 0.481 e. The minimum atomic E-state index is -1.61. The fourth-order valence-corrected chi connectivity index (χ4v) is 16.1. The van der Waals surface area contributed by atoms with E-state index in [1.165, 1.54) is 0 Å². The van der Waals surface area contributed by atoms with Crippen LogP contribution < -0.4 is 10.6 Å². The molecular weight excluding hydrogens is 1350 g/mol. The van der Waals surface area contributed by atoms with Crippen LogP contribution in [0, 0.1) is 23.7 Å². The Balaban J connectivity index is 0.736. The minimum absolute atomic E-state index is 0.00347. The second-order valence-electron chi connectivity index (χ2n) is 29.7. The Morgan fingerprint density at radius 3 is 1.58 bits per heavy atom. The van der Waals surface area contributed by atoms with Crippen molar-refractivity contribution in [3.05, 3.63) is 234 Å². The summed E-state index contributed by atoms with van der Waals surface area (Å²) in [5.74, 6) is -4.31. The number of benzene rings is 5. The molecular formula is C89H108N2O16. The SMILES string of the molecule is CC1/C=C/C=C/C=C/C=C/C=C/C=C/C=C/C(O[C@@H]2O[C@H](C)[C@@H](O)[C@H](NC(=O)OCC3c4ccccc4-c4ccccc43)[C@@H]2O)CC2CC(O)(CCCCCCCCCCCCCC(=O)OC1C(C)CCC(O)CC(=O)c1ccc(NC(=O)OCC3c4ccccc4-c4ccccc43)cc1)CC(O)C2C(=O)O. The van der Waals surface area contributed by atoms with Crippen LogP contribution in [-0.2, 0) is 33.3 Å². The molecule has 2 heterocycles. The van der Waals surface area contributed by atoms with Gasteiger partial charge >= 0.3 is 24.1 Å². The van der Waals surface area contributed by atoms with Crippen LogP contribution in [0.4, 0.5) is 15.3 Å². The van der Waals surface area contributed by atoms with Crippen LogP contribution in [0.25, 0.3) is 22.3 Å². The number of aliphatic hydroxyl groups excluding tert-OH is 4. The molecule has 1 saturated carbocycles. The van der Waals surface area contributed by atoms with E-state index in [1.54, 1.807) is 55.5 Å². The van der Waals surface area contributed by atoms with Gasteiger partial charge in [-0.3, -0.25) is 19.7 Å². The Morgan fingerprint density at radius 1 is 0.579 bits per heavy atom. The van der Waals surface area contributed by atoms with Crippen molar-refractivity contribution in [2.75, 3.05) is 18.5 Å². The van der Waals surface area contributed by atoms with Gasteiger partial charge in [0.2, 0.25) is 0 Å². The van der Waals surface area contributed by atoms with Gasteiger partial charge in [-0.25, -0.2) is 9.59 Å². The molecule has 2 fully saturated rings. The van der Waals surface area contributed by atoms with E-state index in [0.29, 0.717) is 49.8 Å². The summed E-state index contributed by atoms with van der Waals surface area (Å²) in [6.07, 6.45) is 27.1. The number of esters is 1. The van der Waals surface area contributed by atoms with Crippen molar-refractivity contribution in [1.29, 1.82) is 0 Å². The fraction of sp³-hybridized carbons (Fsp3) is 0.449. The zero-order valence-electron chi connectivity index (χ0n) is 61.9. The first kappa shape index (κ1) is 80.7. The zero-order valence-corrected chi connectivity index (χ0v) is 61.9. The normalized spacial score (nSPS) is 28.6. The molecule has 5 aromatic carbocycles. The van der Waals surface area contributed by atoms with Crippen molar-refractivity contribution in [1.82, 2.24) is 5.32 Å². The molecule has 5 aromatic rings. The molecule has 2 amide bonds. The molecule has 18 nitrogen and oxygen atoms in total. The number of carboxylic acids is 1. The van der Waals surface area contributed by atoms with E-state index >= 15 is 0 Å². The first-order valence-corrected chi connectivity index (χ1v) is 38.6. The quantitative estimate of drug-likeness (QED) is 0.0259. The molecule has 0 radical (unpaired) electrons. The van der Waals surface area contributed by atoms with Crippen LogP contribution >= 0.6 is 0 Å². The van der Waals surface area contributed by atoms with Crippen LogP contribution in [0.5, 0.6) is 0 Å². The van der Waals surface area contributed by atoms with Gasteiger partial charge in [0.15, 0.2) is 12.1 Å². The zero-order chi connectivity index (χ0) is 75.7. The molecule has 18 heteroatoms.